The van der Waals surface area contributed by atoms with Crippen molar-refractivity contribution in [2.75, 3.05) is 0 Å². The van der Waals surface area contributed by atoms with E-state index in [9.17, 15) is 13.2 Å². The molecule has 2 nitrogen and oxygen atoms in total. The van der Waals surface area contributed by atoms with Crippen molar-refractivity contribution in [1.29, 1.82) is 0 Å². The van der Waals surface area contributed by atoms with E-state index in [1.54, 1.807) is 24.3 Å². The standard InChI is InChI=1S/C12H8BrF3N2/c1-7-5-10(8-3-2-4-9(13)6-8)18-11(17-7)12(14,15)16/h2-6H,1H3. The molecule has 0 N–H and O–H groups in total. The van der Waals surface area contributed by atoms with Crippen molar-refractivity contribution in [2.24, 2.45) is 0 Å². The fraction of sp³-hybridized carbons (Fsp3) is 0.167. The summed E-state index contributed by atoms with van der Waals surface area (Å²) >= 11 is 3.27. The summed E-state index contributed by atoms with van der Waals surface area (Å²) in [6, 6.07) is 8.47. The summed E-state index contributed by atoms with van der Waals surface area (Å²) in [5, 5.41) is 0. The minimum atomic E-state index is -4.53. The number of aryl methyl sites for hydroxylation is 1. The SMILES string of the molecule is Cc1cc(-c2cccc(Br)c2)nc(C(F)(F)F)n1. The number of nitrogens with zero attached hydrogens (tertiary/aromatic N) is 2. The van der Waals surface area contributed by atoms with Crippen molar-refractivity contribution < 1.29 is 13.2 Å². The molecule has 0 aliphatic heterocycles. The van der Waals surface area contributed by atoms with Crippen LogP contribution in [0.2, 0.25) is 0 Å². The van der Waals surface area contributed by atoms with E-state index in [2.05, 4.69) is 25.9 Å². The number of alkyl halides is 3. The molecule has 0 spiro atoms. The number of benzene rings is 1. The highest BCUT2D eigenvalue weighted by molar-refractivity contribution is 9.10. The molecule has 2 rings (SSSR count). The van der Waals surface area contributed by atoms with Gasteiger partial charge >= 0.3 is 6.18 Å². The first-order chi connectivity index (χ1) is 8.36. The molecule has 0 aliphatic rings. The third-order valence-corrected chi connectivity index (χ3v) is 2.72. The lowest BCUT2D eigenvalue weighted by Gasteiger charge is -2.08. The van der Waals surface area contributed by atoms with Crippen LogP contribution >= 0.6 is 15.9 Å². The van der Waals surface area contributed by atoms with Gasteiger partial charge in [-0.05, 0) is 25.1 Å². The second-order valence-electron chi connectivity index (χ2n) is 3.73. The predicted molar refractivity (Wildman–Crippen MR) is 64.9 cm³/mol. The molecular weight excluding hydrogens is 309 g/mol. The quantitative estimate of drug-likeness (QED) is 0.786. The lowest BCUT2D eigenvalue weighted by molar-refractivity contribution is -0.145. The Morgan fingerprint density at radius 2 is 1.83 bits per heavy atom. The summed E-state index contributed by atoms with van der Waals surface area (Å²) in [4.78, 5) is 6.96. The topological polar surface area (TPSA) is 25.8 Å². The summed E-state index contributed by atoms with van der Waals surface area (Å²) in [6.45, 7) is 1.51. The molecule has 0 amide bonds. The molecule has 1 aromatic heterocycles. The summed E-state index contributed by atoms with van der Waals surface area (Å²) in [7, 11) is 0. The molecule has 2 aromatic rings. The first kappa shape index (κ1) is 13.0. The molecule has 0 radical (unpaired) electrons. The Hall–Kier alpha value is -1.43. The molecule has 0 fully saturated rings. The molecule has 0 bridgehead atoms. The zero-order valence-electron chi connectivity index (χ0n) is 9.29. The van der Waals surface area contributed by atoms with Gasteiger partial charge in [0.2, 0.25) is 5.82 Å². The van der Waals surface area contributed by atoms with Crippen LogP contribution in [0.5, 0.6) is 0 Å². The molecule has 94 valence electrons. The van der Waals surface area contributed by atoms with Crippen LogP contribution < -0.4 is 0 Å². The third-order valence-electron chi connectivity index (χ3n) is 2.23. The van der Waals surface area contributed by atoms with E-state index < -0.39 is 12.0 Å². The van der Waals surface area contributed by atoms with Crippen LogP contribution in [0, 0.1) is 6.92 Å². The van der Waals surface area contributed by atoms with Crippen LogP contribution in [0.3, 0.4) is 0 Å². The van der Waals surface area contributed by atoms with E-state index in [0.717, 1.165) is 4.47 Å². The van der Waals surface area contributed by atoms with Gasteiger partial charge in [-0.15, -0.1) is 0 Å². The van der Waals surface area contributed by atoms with Crippen LogP contribution in [0.15, 0.2) is 34.8 Å². The highest BCUT2D eigenvalue weighted by Crippen LogP contribution is 2.29. The summed E-state index contributed by atoms with van der Waals surface area (Å²) in [6.07, 6.45) is -4.53. The number of hydrogen-bond donors (Lipinski definition) is 0. The van der Waals surface area contributed by atoms with E-state index in [0.29, 0.717) is 5.56 Å². The minimum Gasteiger partial charge on any atom is -0.230 e. The second kappa shape index (κ2) is 4.68. The van der Waals surface area contributed by atoms with Crippen molar-refractivity contribution in [1.82, 2.24) is 9.97 Å². The number of halogens is 4. The number of aromatic nitrogens is 2. The predicted octanol–water partition coefficient (Wildman–Crippen LogP) is 4.23. The van der Waals surface area contributed by atoms with E-state index in [1.807, 2.05) is 0 Å². The molecule has 0 aliphatic carbocycles. The molecular formula is C12H8BrF3N2. The first-order valence-electron chi connectivity index (χ1n) is 5.05. The van der Waals surface area contributed by atoms with Crippen LogP contribution in [-0.2, 0) is 6.18 Å². The monoisotopic (exact) mass is 316 g/mol. The van der Waals surface area contributed by atoms with Crippen molar-refractivity contribution in [3.63, 3.8) is 0 Å². The summed E-state index contributed by atoms with van der Waals surface area (Å²) in [5.41, 5.74) is 1.16. The maximum absolute atomic E-state index is 12.6. The molecule has 0 unspecified atom stereocenters. The Morgan fingerprint density at radius 3 is 2.44 bits per heavy atom. The Labute approximate surface area is 110 Å². The molecule has 0 atom stereocenters. The lowest BCUT2D eigenvalue weighted by atomic mass is 10.1. The fourth-order valence-electron chi connectivity index (χ4n) is 1.49. The molecule has 18 heavy (non-hydrogen) atoms. The highest BCUT2D eigenvalue weighted by Gasteiger charge is 2.35. The van der Waals surface area contributed by atoms with E-state index in [-0.39, 0.29) is 11.4 Å². The van der Waals surface area contributed by atoms with Gasteiger partial charge in [-0.1, -0.05) is 28.1 Å². The Kier molecular flexibility index (Phi) is 3.38. The van der Waals surface area contributed by atoms with Crippen LogP contribution in [0.1, 0.15) is 11.5 Å². The van der Waals surface area contributed by atoms with Gasteiger partial charge in [0.1, 0.15) is 0 Å². The molecule has 6 heteroatoms. The summed E-state index contributed by atoms with van der Waals surface area (Å²) < 4.78 is 38.6. The second-order valence-corrected chi connectivity index (χ2v) is 4.64. The maximum atomic E-state index is 12.6. The van der Waals surface area contributed by atoms with Gasteiger partial charge in [-0.3, -0.25) is 0 Å². The van der Waals surface area contributed by atoms with Gasteiger partial charge in [0.15, 0.2) is 0 Å². The van der Waals surface area contributed by atoms with Gasteiger partial charge in [0.05, 0.1) is 5.69 Å². The fourth-order valence-corrected chi connectivity index (χ4v) is 1.89. The molecule has 0 saturated heterocycles. The van der Waals surface area contributed by atoms with E-state index >= 15 is 0 Å². The van der Waals surface area contributed by atoms with Gasteiger partial charge < -0.3 is 0 Å². The highest BCUT2D eigenvalue weighted by atomic mass is 79.9. The minimum absolute atomic E-state index is 0.260. The Morgan fingerprint density at radius 1 is 1.11 bits per heavy atom. The Balaban J connectivity index is 2.55. The largest absolute Gasteiger partial charge is 0.451 e. The lowest BCUT2D eigenvalue weighted by Crippen LogP contribution is -2.12. The van der Waals surface area contributed by atoms with Gasteiger partial charge in [-0.2, -0.15) is 13.2 Å². The van der Waals surface area contributed by atoms with E-state index in [4.69, 9.17) is 0 Å². The van der Waals surface area contributed by atoms with Gasteiger partial charge in [-0.25, -0.2) is 9.97 Å². The van der Waals surface area contributed by atoms with Gasteiger partial charge in [0, 0.05) is 15.7 Å². The van der Waals surface area contributed by atoms with Crippen LogP contribution in [-0.4, -0.2) is 9.97 Å². The third kappa shape index (κ3) is 2.87. The van der Waals surface area contributed by atoms with Crippen molar-refractivity contribution >= 4 is 15.9 Å². The van der Waals surface area contributed by atoms with Crippen molar-refractivity contribution in [3.8, 4) is 11.3 Å². The van der Waals surface area contributed by atoms with Crippen molar-refractivity contribution in [3.05, 3.63) is 46.3 Å². The molecule has 1 heterocycles. The molecule has 1 aromatic carbocycles. The number of rotatable bonds is 1. The van der Waals surface area contributed by atoms with E-state index in [1.165, 1.54) is 13.0 Å². The van der Waals surface area contributed by atoms with Gasteiger partial charge in [0.25, 0.3) is 0 Å². The van der Waals surface area contributed by atoms with Crippen LogP contribution in [0.25, 0.3) is 11.3 Å². The zero-order chi connectivity index (χ0) is 13.3. The summed E-state index contributed by atoms with van der Waals surface area (Å²) in [5.74, 6) is -1.11. The number of hydrogen-bond acceptors (Lipinski definition) is 2. The first-order valence-corrected chi connectivity index (χ1v) is 5.84. The zero-order valence-corrected chi connectivity index (χ0v) is 10.9. The molecule has 0 saturated carbocycles. The van der Waals surface area contributed by atoms with Crippen molar-refractivity contribution in [2.45, 2.75) is 13.1 Å². The maximum Gasteiger partial charge on any atom is 0.451 e. The average molecular weight is 317 g/mol. The Bertz CT molecular complexity index is 582. The smallest absolute Gasteiger partial charge is 0.230 e. The average Bonchev–Trinajstić information content (AvgIpc) is 2.27. The van der Waals surface area contributed by atoms with Crippen LogP contribution in [0.4, 0.5) is 13.2 Å². The normalized spacial score (nSPS) is 11.6.